The van der Waals surface area contributed by atoms with Gasteiger partial charge in [-0.05, 0) is 43.5 Å². The van der Waals surface area contributed by atoms with Gasteiger partial charge in [0.2, 0.25) is 0 Å². The van der Waals surface area contributed by atoms with E-state index >= 15 is 0 Å². The van der Waals surface area contributed by atoms with E-state index in [0.717, 1.165) is 12.8 Å². The summed E-state index contributed by atoms with van der Waals surface area (Å²) in [5, 5.41) is 0.315. The van der Waals surface area contributed by atoms with E-state index in [1.54, 1.807) is 19.1 Å². The van der Waals surface area contributed by atoms with Crippen LogP contribution < -0.4 is 0 Å². The minimum Gasteiger partial charge on any atom is -0.465 e. The third-order valence-electron chi connectivity index (χ3n) is 2.46. The maximum atomic E-state index is 11.6. The Balaban J connectivity index is 2.21. The van der Waals surface area contributed by atoms with Crippen LogP contribution in [0, 0.1) is 0 Å². The van der Waals surface area contributed by atoms with E-state index in [0.29, 0.717) is 17.6 Å². The lowest BCUT2D eigenvalue weighted by Crippen LogP contribution is -2.22. The molecule has 1 aromatic heterocycles. The molecule has 76 valence electrons. The molecule has 4 heteroatoms. The highest BCUT2D eigenvalue weighted by molar-refractivity contribution is 6.28. The number of carbonyl (C=O) groups is 1. The fourth-order valence-corrected chi connectivity index (χ4v) is 1.66. The number of ether oxygens (including phenoxy) is 1. The van der Waals surface area contributed by atoms with Gasteiger partial charge < -0.3 is 9.15 Å². The van der Waals surface area contributed by atoms with Crippen LogP contribution >= 0.6 is 11.6 Å². The van der Waals surface area contributed by atoms with Crippen molar-refractivity contribution in [2.75, 3.05) is 6.61 Å². The van der Waals surface area contributed by atoms with Gasteiger partial charge in [-0.1, -0.05) is 0 Å². The first-order valence-corrected chi connectivity index (χ1v) is 5.00. The normalized spacial score (nSPS) is 17.9. The van der Waals surface area contributed by atoms with Crippen molar-refractivity contribution in [1.82, 2.24) is 0 Å². The van der Waals surface area contributed by atoms with E-state index in [1.165, 1.54) is 0 Å². The van der Waals surface area contributed by atoms with Crippen molar-refractivity contribution >= 4 is 17.6 Å². The number of hydrogen-bond donors (Lipinski definition) is 0. The highest BCUT2D eigenvalue weighted by Crippen LogP contribution is 2.50. The number of hydrogen-bond acceptors (Lipinski definition) is 3. The van der Waals surface area contributed by atoms with Crippen LogP contribution in [-0.4, -0.2) is 12.6 Å². The van der Waals surface area contributed by atoms with Crippen molar-refractivity contribution in [1.29, 1.82) is 0 Å². The summed E-state index contributed by atoms with van der Waals surface area (Å²) in [4.78, 5) is 11.6. The van der Waals surface area contributed by atoms with E-state index < -0.39 is 5.41 Å². The first-order valence-electron chi connectivity index (χ1n) is 4.62. The molecule has 0 radical (unpaired) electrons. The van der Waals surface area contributed by atoms with Crippen LogP contribution in [0.5, 0.6) is 0 Å². The summed E-state index contributed by atoms with van der Waals surface area (Å²) in [6, 6.07) is 3.39. The molecule has 1 heterocycles. The molecule has 3 nitrogen and oxygen atoms in total. The van der Waals surface area contributed by atoms with Crippen molar-refractivity contribution in [3.63, 3.8) is 0 Å². The monoisotopic (exact) mass is 214 g/mol. The lowest BCUT2D eigenvalue weighted by Gasteiger charge is -2.10. The SMILES string of the molecule is CCOC(=O)C1(c2ccc(Cl)o2)CC1. The molecular formula is C10H11ClO3. The quantitative estimate of drug-likeness (QED) is 0.726. The van der Waals surface area contributed by atoms with E-state index in [4.69, 9.17) is 20.8 Å². The predicted octanol–water partition coefficient (Wildman–Crippen LogP) is 2.53. The summed E-state index contributed by atoms with van der Waals surface area (Å²) >= 11 is 5.66. The maximum absolute atomic E-state index is 11.6. The first kappa shape index (κ1) is 9.59. The molecule has 1 saturated carbocycles. The van der Waals surface area contributed by atoms with E-state index in [9.17, 15) is 4.79 Å². The highest BCUT2D eigenvalue weighted by Gasteiger charge is 2.55. The van der Waals surface area contributed by atoms with Crippen LogP contribution in [0.15, 0.2) is 16.5 Å². The Kier molecular flexibility index (Phi) is 2.27. The Morgan fingerprint density at radius 3 is 2.79 bits per heavy atom. The standard InChI is InChI=1S/C10H11ClO3/c1-2-13-9(12)10(5-6-10)7-3-4-8(11)14-7/h3-4H,2,5-6H2,1H3. The van der Waals surface area contributed by atoms with Crippen LogP contribution in [0.4, 0.5) is 0 Å². The summed E-state index contributed by atoms with van der Waals surface area (Å²) in [6.45, 7) is 2.19. The molecule has 1 fully saturated rings. The molecule has 0 amide bonds. The van der Waals surface area contributed by atoms with E-state index in [1.807, 2.05) is 0 Å². The molecule has 0 saturated heterocycles. The summed E-state index contributed by atoms with van der Waals surface area (Å²) in [6.07, 6.45) is 1.57. The molecule has 0 N–H and O–H groups in total. The van der Waals surface area contributed by atoms with Gasteiger partial charge in [0, 0.05) is 0 Å². The lowest BCUT2D eigenvalue weighted by atomic mass is 10.0. The first-order chi connectivity index (χ1) is 6.69. The molecule has 1 aromatic rings. The fourth-order valence-electron chi connectivity index (χ4n) is 1.52. The zero-order valence-corrected chi connectivity index (χ0v) is 8.63. The number of esters is 1. The van der Waals surface area contributed by atoms with Gasteiger partial charge in [0.1, 0.15) is 11.2 Å². The van der Waals surface area contributed by atoms with Crippen LogP contribution in [-0.2, 0) is 14.9 Å². The van der Waals surface area contributed by atoms with Crippen LogP contribution in [0.25, 0.3) is 0 Å². The molecule has 0 atom stereocenters. The minimum absolute atomic E-state index is 0.203. The second-order valence-electron chi connectivity index (χ2n) is 3.41. The largest absolute Gasteiger partial charge is 0.465 e. The van der Waals surface area contributed by atoms with Crippen molar-refractivity contribution in [3.8, 4) is 0 Å². The summed E-state index contributed by atoms with van der Waals surface area (Å²) in [7, 11) is 0. The number of furan rings is 1. The Morgan fingerprint density at radius 1 is 1.64 bits per heavy atom. The molecular weight excluding hydrogens is 204 g/mol. The summed E-state index contributed by atoms with van der Waals surface area (Å²) < 4.78 is 10.2. The number of halogens is 1. The summed E-state index contributed by atoms with van der Waals surface area (Å²) in [5.41, 5.74) is -0.539. The fraction of sp³-hybridized carbons (Fsp3) is 0.500. The van der Waals surface area contributed by atoms with Crippen molar-refractivity contribution in [2.24, 2.45) is 0 Å². The van der Waals surface area contributed by atoms with Gasteiger partial charge in [-0.3, -0.25) is 4.79 Å². The summed E-state index contributed by atoms with van der Waals surface area (Å²) in [5.74, 6) is 0.423. The van der Waals surface area contributed by atoms with Gasteiger partial charge in [0.25, 0.3) is 0 Å². The third kappa shape index (κ3) is 1.42. The Morgan fingerprint density at radius 2 is 2.36 bits per heavy atom. The van der Waals surface area contributed by atoms with E-state index in [-0.39, 0.29) is 5.97 Å². The van der Waals surface area contributed by atoms with Gasteiger partial charge in [-0.2, -0.15) is 0 Å². The molecule has 1 aliphatic carbocycles. The Bertz CT molecular complexity index is 352. The smallest absolute Gasteiger partial charge is 0.319 e. The van der Waals surface area contributed by atoms with Gasteiger partial charge in [-0.25, -0.2) is 0 Å². The minimum atomic E-state index is -0.539. The molecule has 2 rings (SSSR count). The van der Waals surface area contributed by atoms with Crippen molar-refractivity contribution < 1.29 is 13.9 Å². The highest BCUT2D eigenvalue weighted by atomic mass is 35.5. The average molecular weight is 215 g/mol. The number of carbonyl (C=O) groups excluding carboxylic acids is 1. The average Bonchev–Trinajstić information content (AvgIpc) is 2.85. The molecule has 0 aromatic carbocycles. The maximum Gasteiger partial charge on any atom is 0.319 e. The number of rotatable bonds is 3. The van der Waals surface area contributed by atoms with Crippen molar-refractivity contribution in [3.05, 3.63) is 23.1 Å². The van der Waals surface area contributed by atoms with Crippen LogP contribution in [0.2, 0.25) is 5.22 Å². The lowest BCUT2D eigenvalue weighted by molar-refractivity contribution is -0.146. The third-order valence-corrected chi connectivity index (χ3v) is 2.66. The second-order valence-corrected chi connectivity index (χ2v) is 3.78. The van der Waals surface area contributed by atoms with Gasteiger partial charge in [0.05, 0.1) is 6.61 Å². The van der Waals surface area contributed by atoms with Gasteiger partial charge >= 0.3 is 5.97 Å². The predicted molar refractivity (Wildman–Crippen MR) is 51.3 cm³/mol. The molecule has 0 aliphatic heterocycles. The zero-order chi connectivity index (χ0) is 10.2. The molecule has 0 bridgehead atoms. The van der Waals surface area contributed by atoms with Gasteiger partial charge in [-0.15, -0.1) is 0 Å². The Hall–Kier alpha value is -0.960. The Labute approximate surface area is 87.0 Å². The van der Waals surface area contributed by atoms with Crippen molar-refractivity contribution in [2.45, 2.75) is 25.2 Å². The van der Waals surface area contributed by atoms with Crippen LogP contribution in [0.3, 0.4) is 0 Å². The van der Waals surface area contributed by atoms with Crippen LogP contribution in [0.1, 0.15) is 25.5 Å². The molecule has 14 heavy (non-hydrogen) atoms. The van der Waals surface area contributed by atoms with Gasteiger partial charge in [0.15, 0.2) is 5.22 Å². The topological polar surface area (TPSA) is 39.4 Å². The van der Waals surface area contributed by atoms with E-state index in [2.05, 4.69) is 0 Å². The zero-order valence-electron chi connectivity index (χ0n) is 7.88. The second kappa shape index (κ2) is 3.31. The molecule has 1 aliphatic rings. The molecule has 0 unspecified atom stereocenters. The molecule has 0 spiro atoms.